The van der Waals surface area contributed by atoms with Gasteiger partial charge in [0.15, 0.2) is 0 Å². The largest absolute Gasteiger partial charge is 0.466 e. The second-order valence-electron chi connectivity index (χ2n) is 20.3. The number of carbonyl (C=O) groups excluding carboxylic acids is 2. The fraction of sp³-hybridized carbons (Fsp3) is 0.900. The summed E-state index contributed by atoms with van der Waals surface area (Å²) >= 11 is 0. The number of nitrogens with one attached hydrogen (secondary N) is 1. The zero-order chi connectivity index (χ0) is 47.9. The van der Waals surface area contributed by atoms with E-state index < -0.39 is 12.1 Å². The van der Waals surface area contributed by atoms with Crippen LogP contribution in [0.25, 0.3) is 0 Å². The Morgan fingerprint density at radius 2 is 0.758 bits per heavy atom. The molecule has 0 aliphatic heterocycles. The normalized spacial score (nSPS) is 12.7. The lowest BCUT2D eigenvalue weighted by Gasteiger charge is -2.22. The number of aliphatic hydroxyl groups excluding tert-OH is 2. The standard InChI is InChI=1S/C60H115NO5/c1-3-5-7-9-11-13-33-38-42-46-50-54-60(65)66-55-51-47-43-39-35-32-30-28-26-24-22-20-18-16-14-15-17-19-21-23-25-27-29-31-34-37-41-45-49-53-59(64)61-57(56-62)58(63)52-48-44-40-36-12-10-8-6-4-2/h14,16,20,22,57-58,62-63H,3-13,15,17-19,21,23-56H2,1-2H3,(H,61,64)/b16-14-,22-20-. The van der Waals surface area contributed by atoms with Gasteiger partial charge in [0.05, 0.1) is 25.4 Å². The van der Waals surface area contributed by atoms with Crippen molar-refractivity contribution in [3.05, 3.63) is 24.3 Å². The Labute approximate surface area is 411 Å². The number of hydrogen-bond acceptors (Lipinski definition) is 5. The predicted octanol–water partition coefficient (Wildman–Crippen LogP) is 18.2. The van der Waals surface area contributed by atoms with Crippen LogP contribution < -0.4 is 5.32 Å². The molecule has 0 aliphatic carbocycles. The van der Waals surface area contributed by atoms with Crippen LogP contribution in [0.15, 0.2) is 24.3 Å². The Balaban J connectivity index is 3.38. The molecule has 0 saturated carbocycles. The van der Waals surface area contributed by atoms with Gasteiger partial charge in [-0.2, -0.15) is 0 Å². The molecule has 1 amide bonds. The van der Waals surface area contributed by atoms with Gasteiger partial charge in [0.25, 0.3) is 0 Å². The van der Waals surface area contributed by atoms with Crippen LogP contribution in [0.2, 0.25) is 0 Å². The summed E-state index contributed by atoms with van der Waals surface area (Å²) in [5.41, 5.74) is 0. The van der Waals surface area contributed by atoms with Crippen molar-refractivity contribution >= 4 is 11.9 Å². The van der Waals surface area contributed by atoms with Crippen molar-refractivity contribution in [3.8, 4) is 0 Å². The van der Waals surface area contributed by atoms with Crippen molar-refractivity contribution in [1.29, 1.82) is 0 Å². The molecule has 2 atom stereocenters. The summed E-state index contributed by atoms with van der Waals surface area (Å²) in [5, 5.41) is 23.1. The zero-order valence-corrected chi connectivity index (χ0v) is 44.4. The summed E-state index contributed by atoms with van der Waals surface area (Å²) < 4.78 is 5.46. The lowest BCUT2D eigenvalue weighted by molar-refractivity contribution is -0.143. The highest BCUT2D eigenvalue weighted by Crippen LogP contribution is 2.17. The molecule has 0 fully saturated rings. The highest BCUT2D eigenvalue weighted by atomic mass is 16.5. The second kappa shape index (κ2) is 55.9. The molecular formula is C60H115NO5. The first-order valence-corrected chi connectivity index (χ1v) is 29.6. The van der Waals surface area contributed by atoms with Gasteiger partial charge in [-0.1, -0.05) is 276 Å². The maximum atomic E-state index is 12.4. The fourth-order valence-electron chi connectivity index (χ4n) is 9.20. The fourth-order valence-corrected chi connectivity index (χ4v) is 9.20. The molecule has 0 aromatic carbocycles. The molecule has 3 N–H and O–H groups in total. The van der Waals surface area contributed by atoms with Crippen molar-refractivity contribution in [3.63, 3.8) is 0 Å². The van der Waals surface area contributed by atoms with Gasteiger partial charge in [0.1, 0.15) is 0 Å². The third-order valence-corrected chi connectivity index (χ3v) is 13.8. The SMILES string of the molecule is CCCCCCCCCCCCCC(=O)OCCCCCCCCCCC/C=C\C/C=C\CCCCCCCCCCCCCCCC(=O)NC(CO)C(O)CCCCCCCCCCC. The zero-order valence-electron chi connectivity index (χ0n) is 44.4. The first-order chi connectivity index (χ1) is 32.5. The van der Waals surface area contributed by atoms with Gasteiger partial charge in [0, 0.05) is 12.8 Å². The Morgan fingerprint density at radius 3 is 1.15 bits per heavy atom. The third-order valence-electron chi connectivity index (χ3n) is 13.8. The van der Waals surface area contributed by atoms with E-state index in [-0.39, 0.29) is 18.5 Å². The Hall–Kier alpha value is -1.66. The Bertz CT molecular complexity index is 1030. The smallest absolute Gasteiger partial charge is 0.305 e. The van der Waals surface area contributed by atoms with Crippen LogP contribution >= 0.6 is 0 Å². The van der Waals surface area contributed by atoms with Gasteiger partial charge in [-0.3, -0.25) is 9.59 Å². The number of hydrogen-bond donors (Lipinski definition) is 3. The van der Waals surface area contributed by atoms with E-state index in [1.807, 2.05) is 0 Å². The van der Waals surface area contributed by atoms with Crippen molar-refractivity contribution in [1.82, 2.24) is 5.32 Å². The summed E-state index contributed by atoms with van der Waals surface area (Å²) in [6, 6.07) is -0.539. The van der Waals surface area contributed by atoms with Gasteiger partial charge in [-0.25, -0.2) is 0 Å². The third kappa shape index (κ3) is 51.7. The Kier molecular flexibility index (Phi) is 54.5. The highest BCUT2D eigenvalue weighted by molar-refractivity contribution is 5.76. The molecule has 66 heavy (non-hydrogen) atoms. The molecule has 0 aromatic rings. The maximum Gasteiger partial charge on any atom is 0.305 e. The van der Waals surface area contributed by atoms with Crippen LogP contribution in [0, 0.1) is 0 Å². The lowest BCUT2D eigenvalue weighted by atomic mass is 10.0. The van der Waals surface area contributed by atoms with Gasteiger partial charge < -0.3 is 20.3 Å². The topological polar surface area (TPSA) is 95.9 Å². The van der Waals surface area contributed by atoms with Crippen molar-refractivity contribution in [2.24, 2.45) is 0 Å². The van der Waals surface area contributed by atoms with Crippen LogP contribution in [0.1, 0.15) is 322 Å². The molecular weight excluding hydrogens is 815 g/mol. The quantitative estimate of drug-likeness (QED) is 0.0321. The lowest BCUT2D eigenvalue weighted by Crippen LogP contribution is -2.45. The molecule has 390 valence electrons. The van der Waals surface area contributed by atoms with Gasteiger partial charge in [-0.05, 0) is 57.8 Å². The van der Waals surface area contributed by atoms with Gasteiger partial charge in [-0.15, -0.1) is 0 Å². The summed E-state index contributed by atoms with van der Waals surface area (Å²) in [4.78, 5) is 24.4. The Morgan fingerprint density at radius 1 is 0.424 bits per heavy atom. The minimum atomic E-state index is -0.662. The first-order valence-electron chi connectivity index (χ1n) is 29.6. The molecule has 0 heterocycles. The average molecular weight is 931 g/mol. The minimum Gasteiger partial charge on any atom is -0.466 e. The summed E-state index contributed by atoms with van der Waals surface area (Å²) in [7, 11) is 0. The summed E-state index contributed by atoms with van der Waals surface area (Å²) in [5.74, 6) is -0.0261. The molecule has 0 aromatic heterocycles. The molecule has 0 saturated heterocycles. The van der Waals surface area contributed by atoms with E-state index in [4.69, 9.17) is 4.74 Å². The van der Waals surface area contributed by atoms with Crippen LogP contribution in [-0.2, 0) is 14.3 Å². The molecule has 0 bridgehead atoms. The molecule has 0 aliphatic rings. The maximum absolute atomic E-state index is 12.4. The molecule has 0 spiro atoms. The molecule has 0 radical (unpaired) electrons. The number of allylic oxidation sites excluding steroid dienone is 4. The van der Waals surface area contributed by atoms with E-state index in [9.17, 15) is 19.8 Å². The van der Waals surface area contributed by atoms with Crippen molar-refractivity contribution in [2.45, 2.75) is 334 Å². The molecule has 0 rings (SSSR count). The minimum absolute atomic E-state index is 0.0116. The number of ether oxygens (including phenoxy) is 1. The van der Waals surface area contributed by atoms with E-state index in [1.54, 1.807) is 0 Å². The van der Waals surface area contributed by atoms with Crippen LogP contribution in [0.4, 0.5) is 0 Å². The number of amides is 1. The monoisotopic (exact) mass is 930 g/mol. The van der Waals surface area contributed by atoms with E-state index in [0.29, 0.717) is 25.9 Å². The summed E-state index contributed by atoms with van der Waals surface area (Å²) in [6.07, 6.45) is 67.7. The molecule has 2 unspecified atom stereocenters. The van der Waals surface area contributed by atoms with Crippen LogP contribution in [-0.4, -0.2) is 47.4 Å². The van der Waals surface area contributed by atoms with Crippen molar-refractivity contribution < 1.29 is 24.5 Å². The molecule has 6 heteroatoms. The van der Waals surface area contributed by atoms with Crippen LogP contribution in [0.3, 0.4) is 0 Å². The van der Waals surface area contributed by atoms with Gasteiger partial charge in [0.2, 0.25) is 5.91 Å². The predicted molar refractivity (Wildman–Crippen MR) is 287 cm³/mol. The number of esters is 1. The number of carbonyl (C=O) groups is 2. The first kappa shape index (κ1) is 64.3. The van der Waals surface area contributed by atoms with E-state index in [0.717, 1.165) is 44.9 Å². The number of aliphatic hydroxyl groups is 2. The highest BCUT2D eigenvalue weighted by Gasteiger charge is 2.20. The van der Waals surface area contributed by atoms with E-state index >= 15 is 0 Å². The number of unbranched alkanes of at least 4 members (excludes halogenated alkanes) is 40. The van der Waals surface area contributed by atoms with Gasteiger partial charge >= 0.3 is 5.97 Å². The van der Waals surface area contributed by atoms with E-state index in [2.05, 4.69) is 43.5 Å². The van der Waals surface area contributed by atoms with Crippen molar-refractivity contribution in [2.75, 3.05) is 13.2 Å². The van der Waals surface area contributed by atoms with E-state index in [1.165, 1.54) is 244 Å². The number of rotatable bonds is 55. The molecule has 6 nitrogen and oxygen atoms in total. The average Bonchev–Trinajstić information content (AvgIpc) is 3.32. The van der Waals surface area contributed by atoms with Crippen LogP contribution in [0.5, 0.6) is 0 Å². The second-order valence-corrected chi connectivity index (χ2v) is 20.3. The summed E-state index contributed by atoms with van der Waals surface area (Å²) in [6.45, 7) is 4.93.